The Kier molecular flexibility index (Phi) is 5.18. The van der Waals surface area contributed by atoms with E-state index in [1.165, 1.54) is 0 Å². The molecule has 1 saturated heterocycles. The Balaban J connectivity index is 1.57. The molecule has 0 atom stereocenters. The summed E-state index contributed by atoms with van der Waals surface area (Å²) in [6, 6.07) is 8.97. The van der Waals surface area contributed by atoms with Crippen LogP contribution in [0.2, 0.25) is 0 Å². The van der Waals surface area contributed by atoms with Crippen LogP contribution in [0.3, 0.4) is 0 Å². The van der Waals surface area contributed by atoms with Gasteiger partial charge in [0.2, 0.25) is 0 Å². The Morgan fingerprint density at radius 1 is 1.28 bits per heavy atom. The maximum atomic E-state index is 12.6. The Morgan fingerprint density at radius 2 is 1.96 bits per heavy atom. The van der Waals surface area contributed by atoms with Crippen molar-refractivity contribution in [2.75, 3.05) is 13.1 Å². The van der Waals surface area contributed by atoms with E-state index in [2.05, 4.69) is 35.7 Å². The van der Waals surface area contributed by atoms with Crippen LogP contribution in [0.4, 0.5) is 0 Å². The monoisotopic (exact) mass is 336 g/mol. The van der Waals surface area contributed by atoms with Crippen molar-refractivity contribution in [3.05, 3.63) is 53.6 Å². The van der Waals surface area contributed by atoms with Gasteiger partial charge in [-0.3, -0.25) is 4.79 Å². The Labute approximate surface area is 148 Å². The molecule has 1 aromatic carbocycles. The van der Waals surface area contributed by atoms with Crippen molar-refractivity contribution in [2.45, 2.75) is 39.2 Å². The van der Waals surface area contributed by atoms with E-state index in [-0.39, 0.29) is 5.91 Å². The van der Waals surface area contributed by atoms with Gasteiger partial charge < -0.3 is 9.47 Å². The summed E-state index contributed by atoms with van der Waals surface area (Å²) < 4.78 is 2.26. The molecule has 1 amide bonds. The second kappa shape index (κ2) is 7.52. The number of carbonyl (C=O) groups is 1. The fourth-order valence-electron chi connectivity index (χ4n) is 3.44. The van der Waals surface area contributed by atoms with E-state index in [0.717, 1.165) is 38.3 Å². The van der Waals surface area contributed by atoms with Crippen molar-refractivity contribution in [3.8, 4) is 6.07 Å². The largest absolute Gasteiger partial charge is 0.339 e. The summed E-state index contributed by atoms with van der Waals surface area (Å²) in [5.41, 5.74) is 1.24. The minimum absolute atomic E-state index is 0.0634. The number of nitrogens with zero attached hydrogens (tertiary/aromatic N) is 4. The molecule has 25 heavy (non-hydrogen) atoms. The maximum Gasteiger partial charge on any atom is 0.253 e. The van der Waals surface area contributed by atoms with Crippen LogP contribution in [0.15, 0.2) is 36.7 Å². The third-order valence-electron chi connectivity index (χ3n) is 4.88. The van der Waals surface area contributed by atoms with E-state index < -0.39 is 0 Å². The van der Waals surface area contributed by atoms with Crippen molar-refractivity contribution in [2.24, 2.45) is 5.92 Å². The third kappa shape index (κ3) is 3.90. The summed E-state index contributed by atoms with van der Waals surface area (Å²) >= 11 is 0. The number of hydrogen-bond donors (Lipinski definition) is 0. The average molecular weight is 336 g/mol. The maximum absolute atomic E-state index is 12.6. The topological polar surface area (TPSA) is 61.9 Å². The minimum Gasteiger partial charge on any atom is -0.339 e. The second-order valence-corrected chi connectivity index (χ2v) is 7.02. The van der Waals surface area contributed by atoms with E-state index in [1.54, 1.807) is 24.3 Å². The molecule has 0 radical (unpaired) electrons. The van der Waals surface area contributed by atoms with Gasteiger partial charge in [0, 0.05) is 43.5 Å². The van der Waals surface area contributed by atoms with Gasteiger partial charge in [0.05, 0.1) is 11.6 Å². The smallest absolute Gasteiger partial charge is 0.253 e. The molecule has 130 valence electrons. The first-order valence-corrected chi connectivity index (χ1v) is 8.89. The number of hydrogen-bond acceptors (Lipinski definition) is 3. The van der Waals surface area contributed by atoms with Crippen LogP contribution in [-0.4, -0.2) is 33.4 Å². The molecule has 5 heteroatoms. The molecule has 1 aliphatic heterocycles. The molecule has 0 aliphatic carbocycles. The van der Waals surface area contributed by atoms with E-state index in [0.29, 0.717) is 23.0 Å². The van der Waals surface area contributed by atoms with Crippen molar-refractivity contribution in [1.29, 1.82) is 5.26 Å². The highest BCUT2D eigenvalue weighted by Gasteiger charge is 2.24. The van der Waals surface area contributed by atoms with E-state index in [1.807, 2.05) is 11.1 Å². The summed E-state index contributed by atoms with van der Waals surface area (Å²) in [5.74, 6) is 2.20. The molecular weight excluding hydrogens is 312 g/mol. The lowest BCUT2D eigenvalue weighted by atomic mass is 9.96. The van der Waals surface area contributed by atoms with Crippen LogP contribution in [0, 0.1) is 17.2 Å². The molecule has 0 bridgehead atoms. The number of imidazole rings is 1. The first kappa shape index (κ1) is 17.2. The van der Waals surface area contributed by atoms with Crippen molar-refractivity contribution in [3.63, 3.8) is 0 Å². The molecule has 2 aromatic rings. The lowest BCUT2D eigenvalue weighted by Gasteiger charge is -2.32. The van der Waals surface area contributed by atoms with Gasteiger partial charge in [0.1, 0.15) is 5.82 Å². The summed E-state index contributed by atoms with van der Waals surface area (Å²) in [6.07, 6.45) is 5.96. The van der Waals surface area contributed by atoms with Crippen LogP contribution < -0.4 is 0 Å². The van der Waals surface area contributed by atoms with Gasteiger partial charge in [-0.2, -0.15) is 5.26 Å². The van der Waals surface area contributed by atoms with Crippen molar-refractivity contribution < 1.29 is 4.79 Å². The quantitative estimate of drug-likeness (QED) is 0.859. The predicted octanol–water partition coefficient (Wildman–Crippen LogP) is 3.43. The van der Waals surface area contributed by atoms with E-state index in [9.17, 15) is 4.79 Å². The second-order valence-electron chi connectivity index (χ2n) is 7.02. The number of nitriles is 1. The van der Waals surface area contributed by atoms with Crippen LogP contribution in [-0.2, 0) is 6.54 Å². The molecule has 1 aromatic heterocycles. The fourth-order valence-corrected chi connectivity index (χ4v) is 3.44. The number of carbonyl (C=O) groups excluding carboxylic acids is 1. The first-order chi connectivity index (χ1) is 12.1. The number of aromatic nitrogens is 2. The molecule has 1 aliphatic rings. The molecule has 3 rings (SSSR count). The fraction of sp³-hybridized carbons (Fsp3) is 0.450. The predicted molar refractivity (Wildman–Crippen MR) is 96.1 cm³/mol. The van der Waals surface area contributed by atoms with Gasteiger partial charge >= 0.3 is 0 Å². The Morgan fingerprint density at radius 3 is 2.56 bits per heavy atom. The zero-order valence-corrected chi connectivity index (χ0v) is 14.9. The average Bonchev–Trinajstić information content (AvgIpc) is 3.10. The van der Waals surface area contributed by atoms with Crippen LogP contribution >= 0.6 is 0 Å². The first-order valence-electron chi connectivity index (χ1n) is 8.89. The Bertz CT molecular complexity index is 762. The van der Waals surface area contributed by atoms with Crippen molar-refractivity contribution >= 4 is 5.91 Å². The van der Waals surface area contributed by atoms with Crippen molar-refractivity contribution in [1.82, 2.24) is 14.5 Å². The van der Waals surface area contributed by atoms with E-state index in [4.69, 9.17) is 5.26 Å². The number of piperidine rings is 1. The number of benzene rings is 1. The summed E-state index contributed by atoms with van der Waals surface area (Å²) in [6.45, 7) is 6.88. The molecule has 0 N–H and O–H groups in total. The molecule has 5 nitrogen and oxygen atoms in total. The van der Waals surface area contributed by atoms with E-state index >= 15 is 0 Å². The lowest BCUT2D eigenvalue weighted by Crippen LogP contribution is -2.39. The van der Waals surface area contributed by atoms with Gasteiger partial charge in [-0.25, -0.2) is 4.98 Å². The lowest BCUT2D eigenvalue weighted by molar-refractivity contribution is 0.0682. The molecule has 1 fully saturated rings. The van der Waals surface area contributed by atoms with Crippen LogP contribution in [0.1, 0.15) is 54.4 Å². The van der Waals surface area contributed by atoms with Crippen LogP contribution in [0.5, 0.6) is 0 Å². The van der Waals surface area contributed by atoms with Gasteiger partial charge in [-0.1, -0.05) is 13.8 Å². The minimum atomic E-state index is 0.0634. The van der Waals surface area contributed by atoms with Gasteiger partial charge in [0.25, 0.3) is 5.91 Å². The standard InChI is InChI=1S/C20H24N4O/c1-15(2)19-22-9-12-24(19)14-17-7-10-23(11-8-17)20(25)18-5-3-16(13-21)4-6-18/h3-6,9,12,15,17H,7-8,10-11,14H2,1-2H3. The molecular formula is C20H24N4O. The summed E-state index contributed by atoms with van der Waals surface area (Å²) in [4.78, 5) is 19.0. The number of rotatable bonds is 4. The normalized spacial score (nSPS) is 15.4. The zero-order chi connectivity index (χ0) is 17.8. The highest BCUT2D eigenvalue weighted by atomic mass is 16.2. The summed E-state index contributed by atoms with van der Waals surface area (Å²) in [7, 11) is 0. The number of amides is 1. The molecule has 0 spiro atoms. The van der Waals surface area contributed by atoms with Crippen LogP contribution in [0.25, 0.3) is 0 Å². The zero-order valence-electron chi connectivity index (χ0n) is 14.9. The van der Waals surface area contributed by atoms with Gasteiger partial charge in [0.15, 0.2) is 0 Å². The Hall–Kier alpha value is -2.61. The number of likely N-dealkylation sites (tertiary alicyclic amines) is 1. The molecule has 2 heterocycles. The molecule has 0 saturated carbocycles. The van der Waals surface area contributed by atoms with Gasteiger partial charge in [-0.15, -0.1) is 0 Å². The molecule has 0 unspecified atom stereocenters. The SMILES string of the molecule is CC(C)c1nccn1CC1CCN(C(=O)c2ccc(C#N)cc2)CC1. The van der Waals surface area contributed by atoms with Gasteiger partial charge in [-0.05, 0) is 43.0 Å². The summed E-state index contributed by atoms with van der Waals surface area (Å²) in [5, 5.41) is 8.85. The highest BCUT2D eigenvalue weighted by Crippen LogP contribution is 2.23. The highest BCUT2D eigenvalue weighted by molar-refractivity contribution is 5.94. The third-order valence-corrected chi connectivity index (χ3v) is 4.88.